The maximum absolute atomic E-state index is 10.7. The van der Waals surface area contributed by atoms with E-state index in [1.54, 1.807) is 5.01 Å². The fraction of sp³-hybridized carbons (Fsp3) is 0.333. The van der Waals surface area contributed by atoms with Crippen molar-refractivity contribution >= 4 is 18.5 Å². The van der Waals surface area contributed by atoms with Crippen LogP contribution in [-0.2, 0) is 0 Å². The van der Waals surface area contributed by atoms with Gasteiger partial charge in [0.05, 0.1) is 12.4 Å². The van der Waals surface area contributed by atoms with Crippen LogP contribution in [0.4, 0.5) is 5.82 Å². The maximum atomic E-state index is 10.7. The number of carboxylic acids is 1. The number of hydrogen-bond donors (Lipinski definition) is 2. The Labute approximate surface area is 111 Å². The van der Waals surface area contributed by atoms with Gasteiger partial charge in [0.1, 0.15) is 11.6 Å². The zero-order chi connectivity index (χ0) is 14.4. The molecule has 0 radical (unpaired) electrons. The molecule has 0 aromatic carbocycles. The first-order chi connectivity index (χ1) is 8.99. The molecule has 1 aromatic rings. The summed E-state index contributed by atoms with van der Waals surface area (Å²) in [5.74, 6) is 0.0247. The monoisotopic (exact) mass is 263 g/mol. The van der Waals surface area contributed by atoms with Crippen LogP contribution in [-0.4, -0.2) is 38.8 Å². The summed E-state index contributed by atoms with van der Waals surface area (Å²) in [5.41, 5.74) is -0.102. The number of hydrogen-bond acceptors (Lipinski definition) is 6. The second kappa shape index (κ2) is 6.48. The number of nitrogens with one attached hydrogen (secondary N) is 1. The third kappa shape index (κ3) is 3.77. The van der Waals surface area contributed by atoms with Gasteiger partial charge in [-0.1, -0.05) is 0 Å². The van der Waals surface area contributed by atoms with Crippen molar-refractivity contribution in [2.24, 2.45) is 5.10 Å². The van der Waals surface area contributed by atoms with Crippen molar-refractivity contribution < 1.29 is 9.90 Å². The highest BCUT2D eigenvalue weighted by Gasteiger charge is 2.12. The summed E-state index contributed by atoms with van der Waals surface area (Å²) < 4.78 is 0. The van der Waals surface area contributed by atoms with Crippen LogP contribution >= 0.6 is 0 Å². The van der Waals surface area contributed by atoms with Crippen LogP contribution in [0.2, 0.25) is 0 Å². The molecule has 1 heterocycles. The van der Waals surface area contributed by atoms with Crippen LogP contribution in [0.5, 0.6) is 0 Å². The minimum atomic E-state index is -1.11. The van der Waals surface area contributed by atoms with Crippen molar-refractivity contribution in [3.05, 3.63) is 30.0 Å². The number of carboxylic acid groups (broad SMARTS) is 1. The standard InChI is InChI=1S/C12H17N5O2/c1-5-11(17(13-4)8(2)3)16-10-7-14-9(6-15-10)12(18)19/h5-8H,4H2,1-3H3,(H,15,16)(H,18,19)/b11-5-. The highest BCUT2D eigenvalue weighted by Crippen LogP contribution is 2.13. The summed E-state index contributed by atoms with van der Waals surface area (Å²) in [6.07, 6.45) is 4.37. The predicted molar refractivity (Wildman–Crippen MR) is 72.9 cm³/mol. The minimum absolute atomic E-state index is 0.102. The number of rotatable bonds is 6. The number of aromatic nitrogens is 2. The van der Waals surface area contributed by atoms with E-state index in [9.17, 15) is 4.79 Å². The number of nitrogens with zero attached hydrogens (tertiary/aromatic N) is 4. The molecule has 2 N–H and O–H groups in total. The van der Waals surface area contributed by atoms with Gasteiger partial charge in [0.15, 0.2) is 5.69 Å². The van der Waals surface area contributed by atoms with Crippen LogP contribution in [0.25, 0.3) is 0 Å². The predicted octanol–water partition coefficient (Wildman–Crippen LogP) is 1.77. The first-order valence-electron chi connectivity index (χ1n) is 5.74. The van der Waals surface area contributed by atoms with Crippen LogP contribution in [0.3, 0.4) is 0 Å². The molecule has 0 spiro atoms. The van der Waals surface area contributed by atoms with Crippen molar-refractivity contribution in [3.63, 3.8) is 0 Å². The van der Waals surface area contributed by atoms with Crippen LogP contribution in [0.1, 0.15) is 31.3 Å². The molecule has 0 saturated heterocycles. The molecule has 102 valence electrons. The third-order valence-corrected chi connectivity index (χ3v) is 2.29. The second-order valence-electron chi connectivity index (χ2n) is 3.97. The van der Waals surface area contributed by atoms with E-state index in [4.69, 9.17) is 5.11 Å². The maximum Gasteiger partial charge on any atom is 0.356 e. The minimum Gasteiger partial charge on any atom is -0.476 e. The van der Waals surface area contributed by atoms with Gasteiger partial charge in [-0.3, -0.25) is 0 Å². The van der Waals surface area contributed by atoms with Gasteiger partial charge < -0.3 is 10.4 Å². The Morgan fingerprint density at radius 2 is 2.21 bits per heavy atom. The number of aromatic carboxylic acids is 1. The summed E-state index contributed by atoms with van der Waals surface area (Å²) in [5, 5.41) is 17.3. The van der Waals surface area contributed by atoms with E-state index in [1.165, 1.54) is 12.4 Å². The van der Waals surface area contributed by atoms with Gasteiger partial charge in [-0.2, -0.15) is 5.10 Å². The van der Waals surface area contributed by atoms with Crippen LogP contribution < -0.4 is 5.32 Å². The molecule has 7 heteroatoms. The summed E-state index contributed by atoms with van der Waals surface area (Å²) in [6.45, 7) is 9.30. The topological polar surface area (TPSA) is 90.7 Å². The Morgan fingerprint density at radius 3 is 2.58 bits per heavy atom. The molecule has 0 unspecified atom stereocenters. The first-order valence-corrected chi connectivity index (χ1v) is 5.74. The average molecular weight is 263 g/mol. The zero-order valence-corrected chi connectivity index (χ0v) is 11.2. The molecule has 0 fully saturated rings. The van der Waals surface area contributed by atoms with Crippen LogP contribution in [0.15, 0.2) is 29.4 Å². The highest BCUT2D eigenvalue weighted by molar-refractivity contribution is 5.84. The third-order valence-electron chi connectivity index (χ3n) is 2.29. The Morgan fingerprint density at radius 1 is 1.53 bits per heavy atom. The molecule has 7 nitrogen and oxygen atoms in total. The van der Waals surface area contributed by atoms with Gasteiger partial charge in [-0.25, -0.2) is 19.8 Å². The Hall–Kier alpha value is -2.44. The summed E-state index contributed by atoms with van der Waals surface area (Å²) in [7, 11) is 0. The molecule has 1 aromatic heterocycles. The van der Waals surface area contributed by atoms with Gasteiger partial charge in [0.25, 0.3) is 0 Å². The molecule has 1 rings (SSSR count). The molecule has 19 heavy (non-hydrogen) atoms. The summed E-state index contributed by atoms with van der Waals surface area (Å²) in [6, 6.07) is 0.127. The molecule has 0 saturated carbocycles. The molecule has 0 atom stereocenters. The van der Waals surface area contributed by atoms with Crippen molar-refractivity contribution in [1.82, 2.24) is 15.0 Å². The largest absolute Gasteiger partial charge is 0.476 e. The number of carbonyl (C=O) groups is 1. The molecule has 0 aliphatic carbocycles. The lowest BCUT2D eigenvalue weighted by atomic mass is 10.3. The zero-order valence-electron chi connectivity index (χ0n) is 11.2. The summed E-state index contributed by atoms with van der Waals surface area (Å²) in [4.78, 5) is 18.4. The molecular weight excluding hydrogens is 246 g/mol. The number of allylic oxidation sites excluding steroid dienone is 1. The van der Waals surface area contributed by atoms with E-state index in [2.05, 4.69) is 27.1 Å². The highest BCUT2D eigenvalue weighted by atomic mass is 16.4. The van der Waals surface area contributed by atoms with Crippen molar-refractivity contribution in [2.75, 3.05) is 5.32 Å². The van der Waals surface area contributed by atoms with E-state index >= 15 is 0 Å². The second-order valence-corrected chi connectivity index (χ2v) is 3.97. The normalized spacial score (nSPS) is 11.3. The van der Waals surface area contributed by atoms with Gasteiger partial charge in [-0.15, -0.1) is 0 Å². The lowest BCUT2D eigenvalue weighted by molar-refractivity contribution is 0.0690. The fourth-order valence-electron chi connectivity index (χ4n) is 1.41. The Kier molecular flexibility index (Phi) is 4.99. The van der Waals surface area contributed by atoms with E-state index < -0.39 is 5.97 Å². The Balaban J connectivity index is 2.87. The van der Waals surface area contributed by atoms with Crippen molar-refractivity contribution in [1.29, 1.82) is 0 Å². The number of hydrazone groups is 1. The lowest BCUT2D eigenvalue weighted by Gasteiger charge is -2.25. The van der Waals surface area contributed by atoms with Gasteiger partial charge in [-0.05, 0) is 26.8 Å². The molecule has 0 bridgehead atoms. The Bertz CT molecular complexity index is 481. The van der Waals surface area contributed by atoms with E-state index in [1.807, 2.05) is 26.8 Å². The molecular formula is C12H17N5O2. The molecule has 0 amide bonds. The number of anilines is 1. The van der Waals surface area contributed by atoms with E-state index in [-0.39, 0.29) is 11.7 Å². The van der Waals surface area contributed by atoms with E-state index in [0.717, 1.165) is 0 Å². The van der Waals surface area contributed by atoms with Gasteiger partial charge >= 0.3 is 5.97 Å². The molecule has 0 aliphatic heterocycles. The van der Waals surface area contributed by atoms with E-state index in [0.29, 0.717) is 11.6 Å². The summed E-state index contributed by atoms with van der Waals surface area (Å²) >= 11 is 0. The average Bonchev–Trinajstić information content (AvgIpc) is 2.38. The van der Waals surface area contributed by atoms with Gasteiger partial charge in [0.2, 0.25) is 0 Å². The smallest absolute Gasteiger partial charge is 0.356 e. The van der Waals surface area contributed by atoms with Gasteiger partial charge in [0, 0.05) is 12.8 Å². The quantitative estimate of drug-likeness (QED) is 0.600. The van der Waals surface area contributed by atoms with Crippen LogP contribution in [0, 0.1) is 0 Å². The van der Waals surface area contributed by atoms with Crippen molar-refractivity contribution in [2.45, 2.75) is 26.8 Å². The SMILES string of the molecule is C=NN(/C(=C\C)Nc1cnc(C(=O)O)cn1)C(C)C. The first kappa shape index (κ1) is 14.6. The fourth-order valence-corrected chi connectivity index (χ4v) is 1.41. The molecule has 0 aliphatic rings. The lowest BCUT2D eigenvalue weighted by Crippen LogP contribution is -2.28. The van der Waals surface area contributed by atoms with Crippen molar-refractivity contribution in [3.8, 4) is 0 Å².